The molecule has 8 nitrogen and oxygen atoms in total. The second-order valence-electron chi connectivity index (χ2n) is 8.11. The van der Waals surface area contributed by atoms with Crippen LogP contribution in [0.2, 0.25) is 0 Å². The van der Waals surface area contributed by atoms with Gasteiger partial charge in [-0.25, -0.2) is 9.18 Å². The maximum absolute atomic E-state index is 13.2. The monoisotopic (exact) mass is 463 g/mol. The molecule has 1 aliphatic heterocycles. The van der Waals surface area contributed by atoms with E-state index in [1.807, 2.05) is 36.4 Å². The zero-order chi connectivity index (χ0) is 24.1. The van der Waals surface area contributed by atoms with Crippen LogP contribution in [-0.4, -0.2) is 39.8 Å². The van der Waals surface area contributed by atoms with Gasteiger partial charge in [0.1, 0.15) is 18.0 Å². The first-order valence-corrected chi connectivity index (χ1v) is 10.9. The van der Waals surface area contributed by atoms with Gasteiger partial charge in [-0.15, -0.1) is 6.58 Å². The number of nitrogens with two attached hydrogens (primary N) is 1. The highest BCUT2D eigenvalue weighted by Crippen LogP contribution is 2.31. The summed E-state index contributed by atoms with van der Waals surface area (Å²) < 4.78 is 20.4. The van der Waals surface area contributed by atoms with Crippen LogP contribution in [0.15, 0.2) is 73.4 Å². The van der Waals surface area contributed by atoms with E-state index < -0.39 is 12.0 Å². The van der Waals surface area contributed by atoms with E-state index in [0.29, 0.717) is 25.2 Å². The van der Waals surface area contributed by atoms with Crippen LogP contribution in [0.5, 0.6) is 0 Å². The molecule has 34 heavy (non-hydrogen) atoms. The number of halogens is 1. The van der Waals surface area contributed by atoms with Gasteiger partial charge in [0.15, 0.2) is 5.82 Å². The molecular formula is C25H26FN5O3. The molecule has 2 aromatic carbocycles. The van der Waals surface area contributed by atoms with Gasteiger partial charge in [0.2, 0.25) is 0 Å². The SMILES string of the molecule is C=C[C@@H]1CCN(C(=O)OCc2ccccc2)C[C@H]1n1cc(C(N)=O)c(Nc2ccc(F)cc2)n1. The number of allylic oxidation sites excluding steroid dienone is 1. The molecule has 0 aliphatic carbocycles. The summed E-state index contributed by atoms with van der Waals surface area (Å²) in [5.41, 5.74) is 7.23. The lowest BCUT2D eigenvalue weighted by molar-refractivity contribution is 0.0706. The highest BCUT2D eigenvalue weighted by molar-refractivity contribution is 5.98. The second-order valence-corrected chi connectivity index (χ2v) is 8.11. The Hall–Kier alpha value is -4.14. The number of carbonyl (C=O) groups excluding carboxylic acids is 2. The summed E-state index contributed by atoms with van der Waals surface area (Å²) >= 11 is 0. The van der Waals surface area contributed by atoms with Gasteiger partial charge >= 0.3 is 6.09 Å². The van der Waals surface area contributed by atoms with Gasteiger partial charge in [-0.1, -0.05) is 36.4 Å². The molecule has 1 aliphatic rings. The Morgan fingerprint density at radius 2 is 1.94 bits per heavy atom. The van der Waals surface area contributed by atoms with Crippen molar-refractivity contribution in [1.82, 2.24) is 14.7 Å². The van der Waals surface area contributed by atoms with E-state index in [4.69, 9.17) is 10.5 Å². The maximum Gasteiger partial charge on any atom is 0.410 e. The average Bonchev–Trinajstić information content (AvgIpc) is 3.28. The number of ether oxygens (including phenoxy) is 1. The Labute approximate surface area is 196 Å². The summed E-state index contributed by atoms with van der Waals surface area (Å²) in [7, 11) is 0. The fraction of sp³-hybridized carbons (Fsp3) is 0.240. The summed E-state index contributed by atoms with van der Waals surface area (Å²) in [6, 6.07) is 14.9. The molecule has 4 rings (SSSR count). The minimum absolute atomic E-state index is 0.0254. The topological polar surface area (TPSA) is 102 Å². The van der Waals surface area contributed by atoms with Crippen LogP contribution in [0.3, 0.4) is 0 Å². The van der Waals surface area contributed by atoms with E-state index in [0.717, 1.165) is 5.56 Å². The number of aromatic nitrogens is 2. The molecule has 2 atom stereocenters. The van der Waals surface area contributed by atoms with Gasteiger partial charge < -0.3 is 20.7 Å². The number of likely N-dealkylation sites (tertiary alicyclic amines) is 1. The number of anilines is 2. The number of carbonyl (C=O) groups is 2. The van der Waals surface area contributed by atoms with Crippen molar-refractivity contribution in [3.63, 3.8) is 0 Å². The lowest BCUT2D eigenvalue weighted by Gasteiger charge is -2.36. The third-order valence-corrected chi connectivity index (χ3v) is 5.84. The Kier molecular flexibility index (Phi) is 6.91. The van der Waals surface area contributed by atoms with Gasteiger partial charge in [0.25, 0.3) is 5.91 Å². The summed E-state index contributed by atoms with van der Waals surface area (Å²) in [4.78, 5) is 26.4. The predicted octanol–water partition coefficient (Wildman–Crippen LogP) is 4.25. The van der Waals surface area contributed by atoms with Crippen LogP contribution < -0.4 is 11.1 Å². The van der Waals surface area contributed by atoms with E-state index in [-0.39, 0.29) is 35.8 Å². The quantitative estimate of drug-likeness (QED) is 0.510. The third-order valence-electron chi connectivity index (χ3n) is 5.84. The Balaban J connectivity index is 1.52. The van der Waals surface area contributed by atoms with Gasteiger partial charge in [-0.05, 0) is 36.2 Å². The fourth-order valence-electron chi connectivity index (χ4n) is 3.99. The van der Waals surface area contributed by atoms with E-state index in [2.05, 4.69) is 17.0 Å². The van der Waals surface area contributed by atoms with E-state index in [1.165, 1.54) is 24.3 Å². The number of rotatable bonds is 7. The smallest absolute Gasteiger partial charge is 0.410 e. The van der Waals surface area contributed by atoms with Gasteiger partial charge in [-0.2, -0.15) is 5.10 Å². The van der Waals surface area contributed by atoms with Crippen molar-refractivity contribution >= 4 is 23.5 Å². The van der Waals surface area contributed by atoms with Crippen molar-refractivity contribution in [2.24, 2.45) is 11.7 Å². The molecule has 1 fully saturated rings. The molecule has 2 heterocycles. The molecule has 0 unspecified atom stereocenters. The molecule has 0 radical (unpaired) electrons. The number of amides is 2. The highest BCUT2D eigenvalue weighted by atomic mass is 19.1. The number of piperidine rings is 1. The molecule has 176 valence electrons. The van der Waals surface area contributed by atoms with Crippen LogP contribution >= 0.6 is 0 Å². The van der Waals surface area contributed by atoms with Crippen LogP contribution in [0.25, 0.3) is 0 Å². The Morgan fingerprint density at radius 1 is 1.21 bits per heavy atom. The Bertz CT molecular complexity index is 1160. The second kappa shape index (κ2) is 10.2. The normalized spacial score (nSPS) is 17.7. The minimum Gasteiger partial charge on any atom is -0.445 e. The molecule has 2 amide bonds. The summed E-state index contributed by atoms with van der Waals surface area (Å²) in [5, 5.41) is 7.56. The number of primary amides is 1. The first kappa shape index (κ1) is 23.0. The fourth-order valence-corrected chi connectivity index (χ4v) is 3.99. The Morgan fingerprint density at radius 3 is 2.62 bits per heavy atom. The first-order valence-electron chi connectivity index (χ1n) is 10.9. The van der Waals surface area contributed by atoms with Crippen LogP contribution in [0, 0.1) is 11.7 Å². The molecule has 1 aromatic heterocycles. The van der Waals surface area contributed by atoms with Crippen molar-refractivity contribution in [3.8, 4) is 0 Å². The molecule has 1 saturated heterocycles. The first-order chi connectivity index (χ1) is 16.4. The van der Waals surface area contributed by atoms with Gasteiger partial charge in [0, 0.05) is 30.9 Å². The van der Waals surface area contributed by atoms with E-state index in [1.54, 1.807) is 15.8 Å². The minimum atomic E-state index is -0.652. The molecule has 0 bridgehead atoms. The average molecular weight is 464 g/mol. The third kappa shape index (κ3) is 5.25. The molecule has 0 spiro atoms. The number of benzene rings is 2. The molecular weight excluding hydrogens is 437 g/mol. The lowest BCUT2D eigenvalue weighted by Crippen LogP contribution is -2.44. The van der Waals surface area contributed by atoms with Crippen molar-refractivity contribution < 1.29 is 18.7 Å². The standard InChI is InChI=1S/C25H26FN5O3/c1-2-18-12-13-30(25(33)34-16-17-6-4-3-5-7-17)15-22(18)31-14-21(23(27)32)24(29-31)28-20-10-8-19(26)9-11-20/h2-11,14,18,22H,1,12-13,15-16H2,(H2,27,32)(H,28,29)/t18-,22-/m1/s1. The zero-order valence-electron chi connectivity index (χ0n) is 18.6. The summed E-state index contributed by atoms with van der Waals surface area (Å²) in [6.45, 7) is 4.97. The largest absolute Gasteiger partial charge is 0.445 e. The van der Waals surface area contributed by atoms with Crippen LogP contribution in [0.4, 0.5) is 20.7 Å². The van der Waals surface area contributed by atoms with Crippen molar-refractivity contribution in [1.29, 1.82) is 0 Å². The van der Waals surface area contributed by atoms with Gasteiger partial charge in [-0.3, -0.25) is 9.48 Å². The van der Waals surface area contributed by atoms with E-state index >= 15 is 0 Å². The van der Waals surface area contributed by atoms with Gasteiger partial charge in [0.05, 0.1) is 6.04 Å². The highest BCUT2D eigenvalue weighted by Gasteiger charge is 2.33. The number of nitrogens with zero attached hydrogens (tertiary/aromatic N) is 3. The summed E-state index contributed by atoms with van der Waals surface area (Å²) in [5.74, 6) is -0.745. The summed E-state index contributed by atoms with van der Waals surface area (Å²) in [6.07, 6.45) is 3.65. The molecule has 3 N–H and O–H groups in total. The molecule has 3 aromatic rings. The predicted molar refractivity (Wildman–Crippen MR) is 126 cm³/mol. The zero-order valence-corrected chi connectivity index (χ0v) is 18.6. The van der Waals surface area contributed by atoms with E-state index in [9.17, 15) is 14.0 Å². The van der Waals surface area contributed by atoms with Crippen LogP contribution in [0.1, 0.15) is 28.4 Å². The maximum atomic E-state index is 13.2. The van der Waals surface area contributed by atoms with Crippen molar-refractivity contribution in [2.45, 2.75) is 19.1 Å². The lowest BCUT2D eigenvalue weighted by atomic mass is 9.92. The molecule has 9 heteroatoms. The number of hydrogen-bond donors (Lipinski definition) is 2. The number of hydrogen-bond acceptors (Lipinski definition) is 5. The van der Waals surface area contributed by atoms with Crippen molar-refractivity contribution in [3.05, 3.63) is 90.4 Å². The van der Waals surface area contributed by atoms with Crippen molar-refractivity contribution in [2.75, 3.05) is 18.4 Å². The number of nitrogens with one attached hydrogen (secondary N) is 1. The molecule has 0 saturated carbocycles. The van der Waals surface area contributed by atoms with Crippen LogP contribution in [-0.2, 0) is 11.3 Å².